The Bertz CT molecular complexity index is 787. The Balaban J connectivity index is 2.01. The summed E-state index contributed by atoms with van der Waals surface area (Å²) in [7, 11) is 0. The van der Waals surface area contributed by atoms with Gasteiger partial charge in [-0.25, -0.2) is 9.67 Å². The Morgan fingerprint density at radius 3 is 2.91 bits per heavy atom. The molecule has 3 N–H and O–H groups in total. The van der Waals surface area contributed by atoms with Crippen molar-refractivity contribution in [2.75, 3.05) is 18.8 Å². The maximum Gasteiger partial charge on any atom is 0.328 e. The third-order valence-corrected chi connectivity index (χ3v) is 3.26. The highest BCUT2D eigenvalue weighted by Gasteiger charge is 2.23. The van der Waals surface area contributed by atoms with E-state index in [0.29, 0.717) is 34.8 Å². The van der Waals surface area contributed by atoms with E-state index in [-0.39, 0.29) is 12.5 Å². The zero-order chi connectivity index (χ0) is 16.6. The van der Waals surface area contributed by atoms with Gasteiger partial charge in [-0.05, 0) is 26.8 Å². The van der Waals surface area contributed by atoms with Crippen LogP contribution in [0.5, 0.6) is 0 Å². The van der Waals surface area contributed by atoms with E-state index in [2.05, 4.69) is 20.4 Å². The molecule has 0 unspecified atom stereocenters. The van der Waals surface area contributed by atoms with E-state index in [4.69, 9.17) is 10.5 Å². The van der Waals surface area contributed by atoms with Crippen LogP contribution >= 0.6 is 0 Å². The number of ether oxygens (including phenoxy) is 1. The highest BCUT2D eigenvalue weighted by atomic mass is 16.6. The van der Waals surface area contributed by atoms with E-state index in [1.807, 2.05) is 20.8 Å². The Morgan fingerprint density at radius 2 is 2.26 bits per heavy atom. The van der Waals surface area contributed by atoms with Crippen molar-refractivity contribution in [2.24, 2.45) is 4.99 Å². The molecule has 2 aromatic rings. The van der Waals surface area contributed by atoms with Gasteiger partial charge in [0, 0.05) is 18.4 Å². The van der Waals surface area contributed by atoms with Gasteiger partial charge in [0.15, 0.2) is 5.65 Å². The lowest BCUT2D eigenvalue weighted by Crippen LogP contribution is -2.27. The molecule has 3 heterocycles. The molecule has 23 heavy (non-hydrogen) atoms. The number of amidine groups is 1. The second kappa shape index (κ2) is 5.53. The molecule has 1 aliphatic heterocycles. The number of nitrogen functional groups attached to an aromatic ring is 1. The van der Waals surface area contributed by atoms with Crippen molar-refractivity contribution in [1.29, 1.82) is 0 Å². The van der Waals surface area contributed by atoms with Crippen LogP contribution in [0.1, 0.15) is 26.5 Å². The Kier molecular flexibility index (Phi) is 3.67. The van der Waals surface area contributed by atoms with Gasteiger partial charge in [0.25, 0.3) is 0 Å². The zero-order valence-corrected chi connectivity index (χ0v) is 13.5. The lowest BCUT2D eigenvalue weighted by atomic mass is 10.2. The van der Waals surface area contributed by atoms with Crippen LogP contribution in [0.15, 0.2) is 17.3 Å². The molecular weight excluding hydrogens is 296 g/mol. The van der Waals surface area contributed by atoms with Crippen molar-refractivity contribution < 1.29 is 9.53 Å². The maximum absolute atomic E-state index is 12.1. The number of fused-ring (bicyclic) bond motifs is 1. The van der Waals surface area contributed by atoms with Crippen LogP contribution in [0.3, 0.4) is 0 Å². The van der Waals surface area contributed by atoms with Crippen LogP contribution in [-0.4, -0.2) is 45.3 Å². The number of anilines is 1. The van der Waals surface area contributed by atoms with Gasteiger partial charge >= 0.3 is 5.97 Å². The molecule has 0 bridgehead atoms. The van der Waals surface area contributed by atoms with E-state index < -0.39 is 5.60 Å². The SMILES string of the molecule is CC(C)(C)OC(=O)Cn1nc(C2=NCCN2)c2c(N)ccnc21. The third kappa shape index (κ3) is 3.10. The molecule has 3 rings (SSSR count). The summed E-state index contributed by atoms with van der Waals surface area (Å²) in [6, 6.07) is 1.71. The predicted octanol–water partition coefficient (Wildman–Crippen LogP) is 0.705. The molecule has 0 saturated carbocycles. The molecule has 0 saturated heterocycles. The fraction of sp³-hybridized carbons (Fsp3) is 0.467. The first-order chi connectivity index (χ1) is 10.8. The number of pyridine rings is 1. The summed E-state index contributed by atoms with van der Waals surface area (Å²) in [5, 5.41) is 8.35. The molecular formula is C15H20N6O2. The van der Waals surface area contributed by atoms with Gasteiger partial charge in [0.05, 0.1) is 11.9 Å². The lowest BCUT2D eigenvalue weighted by Gasteiger charge is -2.19. The quantitative estimate of drug-likeness (QED) is 0.807. The van der Waals surface area contributed by atoms with Crippen molar-refractivity contribution >= 4 is 28.5 Å². The monoisotopic (exact) mass is 316 g/mol. The summed E-state index contributed by atoms with van der Waals surface area (Å²) in [6.07, 6.45) is 1.60. The highest BCUT2D eigenvalue weighted by Crippen LogP contribution is 2.24. The summed E-state index contributed by atoms with van der Waals surface area (Å²) in [4.78, 5) is 20.8. The number of hydrogen-bond donors (Lipinski definition) is 2. The zero-order valence-electron chi connectivity index (χ0n) is 13.5. The topological polar surface area (TPSA) is 107 Å². The molecule has 0 fully saturated rings. The molecule has 0 aliphatic carbocycles. The minimum Gasteiger partial charge on any atom is -0.459 e. The van der Waals surface area contributed by atoms with Gasteiger partial charge in [-0.2, -0.15) is 5.10 Å². The molecule has 0 atom stereocenters. The van der Waals surface area contributed by atoms with Gasteiger partial charge in [-0.1, -0.05) is 0 Å². The van der Waals surface area contributed by atoms with Crippen molar-refractivity contribution in [2.45, 2.75) is 32.9 Å². The molecule has 0 amide bonds. The number of nitrogens with two attached hydrogens (primary N) is 1. The molecule has 2 aromatic heterocycles. The number of carbonyl (C=O) groups excluding carboxylic acids is 1. The summed E-state index contributed by atoms with van der Waals surface area (Å²) in [5.74, 6) is 0.302. The van der Waals surface area contributed by atoms with Gasteiger partial charge in [0.1, 0.15) is 23.7 Å². The van der Waals surface area contributed by atoms with Gasteiger partial charge in [-0.15, -0.1) is 0 Å². The molecule has 0 radical (unpaired) electrons. The largest absolute Gasteiger partial charge is 0.459 e. The number of aromatic nitrogens is 3. The van der Waals surface area contributed by atoms with E-state index >= 15 is 0 Å². The predicted molar refractivity (Wildman–Crippen MR) is 87.2 cm³/mol. The van der Waals surface area contributed by atoms with Crippen LogP contribution in [-0.2, 0) is 16.1 Å². The lowest BCUT2D eigenvalue weighted by molar-refractivity contribution is -0.155. The van der Waals surface area contributed by atoms with Crippen molar-refractivity contribution in [1.82, 2.24) is 20.1 Å². The first kappa shape index (κ1) is 15.3. The number of carbonyl (C=O) groups is 1. The normalized spacial score (nSPS) is 14.7. The number of nitrogens with zero attached hydrogens (tertiary/aromatic N) is 4. The van der Waals surface area contributed by atoms with Crippen molar-refractivity contribution in [3.63, 3.8) is 0 Å². The number of aliphatic imine (C=N–C) groups is 1. The highest BCUT2D eigenvalue weighted by molar-refractivity contribution is 6.11. The summed E-state index contributed by atoms with van der Waals surface area (Å²) >= 11 is 0. The van der Waals surface area contributed by atoms with Crippen LogP contribution in [0.25, 0.3) is 11.0 Å². The van der Waals surface area contributed by atoms with E-state index in [1.165, 1.54) is 4.68 Å². The first-order valence-electron chi connectivity index (χ1n) is 7.47. The third-order valence-electron chi connectivity index (χ3n) is 3.26. The number of esters is 1. The summed E-state index contributed by atoms with van der Waals surface area (Å²) in [5.41, 5.74) is 7.24. The number of hydrogen-bond acceptors (Lipinski definition) is 7. The number of nitrogens with one attached hydrogen (secondary N) is 1. The average Bonchev–Trinajstić information content (AvgIpc) is 3.05. The summed E-state index contributed by atoms with van der Waals surface area (Å²) in [6.45, 7) is 6.89. The van der Waals surface area contributed by atoms with Crippen LogP contribution in [0.4, 0.5) is 5.69 Å². The number of rotatable bonds is 3. The minimum absolute atomic E-state index is 0.0303. The Hall–Kier alpha value is -2.64. The van der Waals surface area contributed by atoms with Gasteiger partial charge in [-0.3, -0.25) is 9.79 Å². The molecule has 0 spiro atoms. The molecule has 122 valence electrons. The van der Waals surface area contributed by atoms with Gasteiger partial charge < -0.3 is 15.8 Å². The van der Waals surface area contributed by atoms with Crippen molar-refractivity contribution in [3.05, 3.63) is 18.0 Å². The smallest absolute Gasteiger partial charge is 0.328 e. The molecule has 1 aliphatic rings. The summed E-state index contributed by atoms with van der Waals surface area (Å²) < 4.78 is 6.86. The fourth-order valence-corrected chi connectivity index (χ4v) is 2.45. The second-order valence-electron chi connectivity index (χ2n) is 6.35. The Labute approximate surface area is 133 Å². The van der Waals surface area contributed by atoms with E-state index in [9.17, 15) is 4.79 Å². The van der Waals surface area contributed by atoms with Crippen LogP contribution in [0.2, 0.25) is 0 Å². The first-order valence-corrected chi connectivity index (χ1v) is 7.47. The second-order valence-corrected chi connectivity index (χ2v) is 6.35. The molecule has 8 heteroatoms. The maximum atomic E-state index is 12.1. The van der Waals surface area contributed by atoms with Crippen LogP contribution in [0, 0.1) is 0 Å². The van der Waals surface area contributed by atoms with Crippen molar-refractivity contribution in [3.8, 4) is 0 Å². The standard InChI is InChI=1S/C15H20N6O2/c1-15(2,3)23-10(22)8-21-14-11(9(16)4-5-19-14)12(20-21)13-17-6-7-18-13/h4-5H,6-8H2,1-3H3,(H2,16,19)(H,17,18). The molecule has 8 nitrogen and oxygen atoms in total. The van der Waals surface area contributed by atoms with Crippen LogP contribution < -0.4 is 11.1 Å². The van der Waals surface area contributed by atoms with E-state index in [1.54, 1.807) is 12.3 Å². The molecule has 0 aromatic carbocycles. The minimum atomic E-state index is -0.549. The van der Waals surface area contributed by atoms with Gasteiger partial charge in [0.2, 0.25) is 0 Å². The average molecular weight is 316 g/mol. The fourth-order valence-electron chi connectivity index (χ4n) is 2.45. The Morgan fingerprint density at radius 1 is 1.48 bits per heavy atom. The van der Waals surface area contributed by atoms with E-state index in [0.717, 1.165) is 6.54 Å².